The normalized spacial score (nSPS) is 17.1. The van der Waals surface area contributed by atoms with Crippen LogP contribution in [0.3, 0.4) is 0 Å². The topological polar surface area (TPSA) is 32.8 Å². The maximum absolute atomic E-state index is 12.4. The summed E-state index contributed by atoms with van der Waals surface area (Å²) in [7, 11) is 0. The Morgan fingerprint density at radius 1 is 1.36 bits per heavy atom. The number of hydrogen-bond acceptors (Lipinski definition) is 3. The van der Waals surface area contributed by atoms with Gasteiger partial charge in [-0.2, -0.15) is 0 Å². The van der Waals surface area contributed by atoms with E-state index >= 15 is 0 Å². The van der Waals surface area contributed by atoms with Crippen LogP contribution in [0.4, 0.5) is 0 Å². The predicted molar refractivity (Wildman–Crippen MR) is 89.8 cm³/mol. The molecule has 1 heterocycles. The van der Waals surface area contributed by atoms with E-state index in [2.05, 4.69) is 11.5 Å². The number of benzene rings is 1. The second kappa shape index (κ2) is 7.86. The second-order valence-electron chi connectivity index (χ2n) is 5.25. The third-order valence-electron chi connectivity index (χ3n) is 3.62. The Morgan fingerprint density at radius 2 is 2.05 bits per heavy atom. The fourth-order valence-corrected chi connectivity index (χ4v) is 2.86. The van der Waals surface area contributed by atoms with Crippen LogP contribution in [0.2, 0.25) is 10.0 Å². The average Bonchev–Trinajstić information content (AvgIpc) is 2.50. The predicted octanol–water partition coefficient (Wildman–Crippen LogP) is 3.09. The molecule has 0 bridgehead atoms. The van der Waals surface area contributed by atoms with E-state index in [1.807, 2.05) is 11.0 Å². The first-order valence-corrected chi connectivity index (χ1v) is 8.00. The van der Waals surface area contributed by atoms with Gasteiger partial charge < -0.3 is 9.64 Å². The number of halogens is 2. The molecule has 1 aliphatic heterocycles. The van der Waals surface area contributed by atoms with Crippen molar-refractivity contribution in [1.29, 1.82) is 0 Å². The molecule has 0 saturated carbocycles. The van der Waals surface area contributed by atoms with Crippen molar-refractivity contribution in [2.45, 2.75) is 13.0 Å². The summed E-state index contributed by atoms with van der Waals surface area (Å²) >= 11 is 11.9. The summed E-state index contributed by atoms with van der Waals surface area (Å²) in [5.41, 5.74) is 0. The number of carbonyl (C=O) groups excluding carboxylic acids is 1. The number of rotatable bonds is 5. The molecule has 1 saturated heterocycles. The molecule has 1 aliphatic rings. The van der Waals surface area contributed by atoms with Gasteiger partial charge in [0.15, 0.2) is 6.10 Å². The lowest BCUT2D eigenvalue weighted by Crippen LogP contribution is -2.51. The van der Waals surface area contributed by atoms with E-state index in [9.17, 15) is 4.79 Å². The van der Waals surface area contributed by atoms with Crippen LogP contribution in [-0.4, -0.2) is 54.5 Å². The largest absolute Gasteiger partial charge is 0.479 e. The van der Waals surface area contributed by atoms with E-state index in [0.717, 1.165) is 19.6 Å². The zero-order valence-electron chi connectivity index (χ0n) is 12.6. The lowest BCUT2D eigenvalue weighted by molar-refractivity contribution is -0.139. The van der Waals surface area contributed by atoms with Crippen LogP contribution in [0.15, 0.2) is 30.9 Å². The average molecular weight is 343 g/mol. The molecule has 0 aromatic heterocycles. The Kier molecular flexibility index (Phi) is 6.12. The van der Waals surface area contributed by atoms with E-state index in [-0.39, 0.29) is 5.91 Å². The molecule has 2 rings (SSSR count). The first-order valence-electron chi connectivity index (χ1n) is 7.25. The van der Waals surface area contributed by atoms with E-state index in [4.69, 9.17) is 27.9 Å². The zero-order valence-corrected chi connectivity index (χ0v) is 14.1. The SMILES string of the molecule is C=CCN1CCN(C(=O)[C@H](C)Oc2ccc(Cl)cc2Cl)CC1. The highest BCUT2D eigenvalue weighted by Crippen LogP contribution is 2.28. The van der Waals surface area contributed by atoms with Gasteiger partial charge in [-0.15, -0.1) is 6.58 Å². The number of hydrogen-bond donors (Lipinski definition) is 0. The van der Waals surface area contributed by atoms with Crippen molar-refractivity contribution in [3.8, 4) is 5.75 Å². The minimum absolute atomic E-state index is 0.0238. The molecule has 120 valence electrons. The van der Waals surface area contributed by atoms with Crippen LogP contribution in [-0.2, 0) is 4.79 Å². The maximum atomic E-state index is 12.4. The first kappa shape index (κ1) is 17.1. The summed E-state index contributed by atoms with van der Waals surface area (Å²) in [6.07, 6.45) is 1.30. The number of piperazine rings is 1. The monoisotopic (exact) mass is 342 g/mol. The molecule has 1 amide bonds. The van der Waals surface area contributed by atoms with Crippen molar-refractivity contribution in [2.75, 3.05) is 32.7 Å². The van der Waals surface area contributed by atoms with Gasteiger partial charge in [0.25, 0.3) is 5.91 Å². The molecule has 0 unspecified atom stereocenters. The lowest BCUT2D eigenvalue weighted by atomic mass is 10.2. The molecule has 1 atom stereocenters. The fraction of sp³-hybridized carbons (Fsp3) is 0.438. The summed E-state index contributed by atoms with van der Waals surface area (Å²) in [6, 6.07) is 4.97. The number of ether oxygens (including phenoxy) is 1. The highest BCUT2D eigenvalue weighted by molar-refractivity contribution is 6.35. The number of amides is 1. The fourth-order valence-electron chi connectivity index (χ4n) is 2.40. The Hall–Kier alpha value is -1.23. The molecule has 0 N–H and O–H groups in total. The minimum atomic E-state index is -0.579. The van der Waals surface area contributed by atoms with Crippen LogP contribution >= 0.6 is 23.2 Å². The Morgan fingerprint density at radius 3 is 2.64 bits per heavy atom. The molecule has 6 heteroatoms. The van der Waals surface area contributed by atoms with Gasteiger partial charge in [0.2, 0.25) is 0 Å². The minimum Gasteiger partial charge on any atom is -0.479 e. The number of carbonyl (C=O) groups is 1. The molecule has 0 aliphatic carbocycles. The van der Waals surface area contributed by atoms with Crippen LogP contribution in [0.25, 0.3) is 0 Å². The van der Waals surface area contributed by atoms with Gasteiger partial charge in [-0.25, -0.2) is 0 Å². The van der Waals surface area contributed by atoms with Gasteiger partial charge in [0.05, 0.1) is 5.02 Å². The van der Waals surface area contributed by atoms with E-state index < -0.39 is 6.10 Å². The Bertz CT molecular complexity index is 543. The summed E-state index contributed by atoms with van der Waals surface area (Å²) in [5.74, 6) is 0.446. The van der Waals surface area contributed by atoms with Crippen molar-refractivity contribution in [3.63, 3.8) is 0 Å². The molecular weight excluding hydrogens is 323 g/mol. The quantitative estimate of drug-likeness (QED) is 0.771. The van der Waals surface area contributed by atoms with E-state index in [1.54, 1.807) is 25.1 Å². The molecule has 0 spiro atoms. The highest BCUT2D eigenvalue weighted by Gasteiger charge is 2.26. The van der Waals surface area contributed by atoms with Gasteiger partial charge in [-0.1, -0.05) is 29.3 Å². The first-order chi connectivity index (χ1) is 10.5. The molecule has 22 heavy (non-hydrogen) atoms. The van der Waals surface area contributed by atoms with Crippen molar-refractivity contribution < 1.29 is 9.53 Å². The smallest absolute Gasteiger partial charge is 0.263 e. The summed E-state index contributed by atoms with van der Waals surface area (Å²) in [5, 5.41) is 0.942. The van der Waals surface area contributed by atoms with Crippen molar-refractivity contribution >= 4 is 29.1 Å². The van der Waals surface area contributed by atoms with Crippen LogP contribution in [0.1, 0.15) is 6.92 Å². The molecule has 1 aromatic carbocycles. The Labute approximate surface area is 141 Å². The van der Waals surface area contributed by atoms with E-state index in [1.165, 1.54) is 0 Å². The van der Waals surface area contributed by atoms with E-state index in [0.29, 0.717) is 28.9 Å². The van der Waals surface area contributed by atoms with Gasteiger partial charge in [-0.3, -0.25) is 9.69 Å². The van der Waals surface area contributed by atoms with Gasteiger partial charge in [0.1, 0.15) is 5.75 Å². The molecule has 1 aromatic rings. The van der Waals surface area contributed by atoms with Crippen molar-refractivity contribution in [3.05, 3.63) is 40.9 Å². The van der Waals surface area contributed by atoms with Gasteiger partial charge in [0, 0.05) is 37.7 Å². The molecule has 1 fully saturated rings. The third-order valence-corrected chi connectivity index (χ3v) is 4.15. The van der Waals surface area contributed by atoms with Crippen LogP contribution in [0.5, 0.6) is 5.75 Å². The maximum Gasteiger partial charge on any atom is 0.263 e. The van der Waals surface area contributed by atoms with Crippen molar-refractivity contribution in [1.82, 2.24) is 9.80 Å². The Balaban J connectivity index is 1.91. The van der Waals surface area contributed by atoms with Gasteiger partial charge in [-0.05, 0) is 25.1 Å². The third kappa shape index (κ3) is 4.38. The molecule has 0 radical (unpaired) electrons. The van der Waals surface area contributed by atoms with Gasteiger partial charge >= 0.3 is 0 Å². The van der Waals surface area contributed by atoms with Crippen molar-refractivity contribution in [2.24, 2.45) is 0 Å². The summed E-state index contributed by atoms with van der Waals surface area (Å²) < 4.78 is 5.68. The van der Waals surface area contributed by atoms with Crippen LogP contribution < -0.4 is 4.74 Å². The molecule has 4 nitrogen and oxygen atoms in total. The summed E-state index contributed by atoms with van der Waals surface area (Å²) in [4.78, 5) is 16.5. The highest BCUT2D eigenvalue weighted by atomic mass is 35.5. The summed E-state index contributed by atoms with van der Waals surface area (Å²) in [6.45, 7) is 9.44. The molecular formula is C16H20Cl2N2O2. The van der Waals surface area contributed by atoms with Crippen LogP contribution in [0, 0.1) is 0 Å². The lowest BCUT2D eigenvalue weighted by Gasteiger charge is -2.35. The number of nitrogens with zero attached hydrogens (tertiary/aromatic N) is 2. The second-order valence-corrected chi connectivity index (χ2v) is 6.09. The standard InChI is InChI=1S/C16H20Cl2N2O2/c1-3-6-19-7-9-20(10-8-19)16(21)12(2)22-15-5-4-13(17)11-14(15)18/h3-5,11-12H,1,6-10H2,2H3/t12-/m0/s1. The zero-order chi connectivity index (χ0) is 16.1.